The van der Waals surface area contributed by atoms with Crippen LogP contribution in [0.15, 0.2) is 39.4 Å². The molecule has 2 rings (SSSR count). The number of anilines is 2. The Bertz CT molecular complexity index is 649. The minimum absolute atomic E-state index is 0.233. The third-order valence-corrected chi connectivity index (χ3v) is 4.23. The summed E-state index contributed by atoms with van der Waals surface area (Å²) in [6, 6.07) is 7.23. The lowest BCUT2D eigenvalue weighted by molar-refractivity contribution is 0.102. The first-order valence-corrected chi connectivity index (χ1v) is 7.81. The van der Waals surface area contributed by atoms with Crippen LogP contribution in [0.25, 0.3) is 0 Å². The van der Waals surface area contributed by atoms with E-state index in [2.05, 4.69) is 64.8 Å². The van der Waals surface area contributed by atoms with Gasteiger partial charge >= 0.3 is 0 Å². The fourth-order valence-corrected chi connectivity index (χ4v) is 2.77. The molecule has 1 amide bonds. The van der Waals surface area contributed by atoms with E-state index in [1.54, 1.807) is 12.1 Å². The number of carbonyl (C=O) groups excluding carboxylic acids is 1. The molecule has 3 N–H and O–H groups in total. The lowest BCUT2D eigenvalue weighted by Gasteiger charge is -2.08. The van der Waals surface area contributed by atoms with Gasteiger partial charge in [-0.1, -0.05) is 0 Å². The van der Waals surface area contributed by atoms with Gasteiger partial charge in [0.2, 0.25) is 0 Å². The number of pyridine rings is 1. The molecule has 98 valence electrons. The lowest BCUT2D eigenvalue weighted by Crippen LogP contribution is -2.14. The zero-order valence-electron chi connectivity index (χ0n) is 9.45. The summed E-state index contributed by atoms with van der Waals surface area (Å²) in [5.74, 6) is 0.202. The predicted molar refractivity (Wildman–Crippen MR) is 91.2 cm³/mol. The van der Waals surface area contributed by atoms with E-state index in [0.29, 0.717) is 21.5 Å². The van der Waals surface area contributed by atoms with Crippen LogP contribution in [-0.2, 0) is 0 Å². The van der Waals surface area contributed by atoms with Gasteiger partial charge in [0.05, 0.1) is 21.9 Å². The molecule has 4 nitrogen and oxygen atoms in total. The quantitative estimate of drug-likeness (QED) is 0.617. The Morgan fingerprint density at radius 2 is 2.00 bits per heavy atom. The average Bonchev–Trinajstić information content (AvgIpc) is 2.35. The molecule has 2 aromatic rings. The van der Waals surface area contributed by atoms with E-state index in [4.69, 9.17) is 5.73 Å². The first kappa shape index (κ1) is 14.7. The molecule has 1 aromatic heterocycles. The molecule has 0 unspecified atom stereocenters. The Morgan fingerprint density at radius 1 is 1.26 bits per heavy atom. The first-order valence-electron chi connectivity index (χ1n) is 5.15. The molecule has 7 heteroatoms. The molecule has 0 spiro atoms. The van der Waals surface area contributed by atoms with E-state index in [1.165, 1.54) is 6.20 Å². The van der Waals surface area contributed by atoms with Crippen LogP contribution in [0.4, 0.5) is 11.5 Å². The van der Waals surface area contributed by atoms with Crippen LogP contribution in [0.3, 0.4) is 0 Å². The van der Waals surface area contributed by atoms with Gasteiger partial charge in [-0.25, -0.2) is 4.98 Å². The topological polar surface area (TPSA) is 68.0 Å². The van der Waals surface area contributed by atoms with Gasteiger partial charge in [0.15, 0.2) is 0 Å². The molecule has 0 atom stereocenters. The highest BCUT2D eigenvalue weighted by Crippen LogP contribution is 2.24. The number of aromatic nitrogens is 1. The molecule has 1 aromatic carbocycles. The Morgan fingerprint density at radius 3 is 2.68 bits per heavy atom. The van der Waals surface area contributed by atoms with E-state index in [1.807, 2.05) is 12.1 Å². The molecule has 0 radical (unpaired) electrons. The summed E-state index contributed by atoms with van der Waals surface area (Å²) in [7, 11) is 0. The number of hydrogen-bond donors (Lipinski definition) is 2. The number of amides is 1. The van der Waals surface area contributed by atoms with Gasteiger partial charge in [0, 0.05) is 8.04 Å². The predicted octanol–water partition coefficient (Wildman–Crippen LogP) is 4.05. The molecule has 19 heavy (non-hydrogen) atoms. The molecule has 0 saturated carbocycles. The van der Waals surface area contributed by atoms with Crippen molar-refractivity contribution in [1.29, 1.82) is 0 Å². The molecule has 0 fully saturated rings. The Hall–Kier alpha value is -0.670. The normalized spacial score (nSPS) is 10.3. The van der Waals surface area contributed by atoms with Crippen molar-refractivity contribution in [2.24, 2.45) is 0 Å². The molecule has 0 saturated heterocycles. The fourth-order valence-electron chi connectivity index (χ4n) is 1.39. The summed E-state index contributed by atoms with van der Waals surface area (Å²) < 4.78 is 2.36. The van der Waals surface area contributed by atoms with Crippen molar-refractivity contribution in [3.8, 4) is 0 Å². The number of rotatable bonds is 2. The monoisotopic (exact) mass is 495 g/mol. The lowest BCUT2D eigenvalue weighted by atomic mass is 10.2. The van der Waals surface area contributed by atoms with Gasteiger partial charge in [-0.05, 0) is 78.7 Å². The number of halogens is 3. The number of nitrogens with two attached hydrogens (primary N) is 1. The van der Waals surface area contributed by atoms with Crippen molar-refractivity contribution in [3.63, 3.8) is 0 Å². The van der Waals surface area contributed by atoms with Crippen LogP contribution in [-0.4, -0.2) is 10.9 Å². The van der Waals surface area contributed by atoms with E-state index >= 15 is 0 Å². The largest absolute Gasteiger partial charge is 0.397 e. The van der Waals surface area contributed by atoms with Crippen molar-refractivity contribution in [1.82, 2.24) is 4.98 Å². The van der Waals surface area contributed by atoms with Crippen molar-refractivity contribution in [3.05, 3.63) is 48.5 Å². The minimum Gasteiger partial charge on any atom is -0.397 e. The molecule has 0 bridgehead atoms. The highest BCUT2D eigenvalue weighted by Gasteiger charge is 2.13. The second kappa shape index (κ2) is 6.19. The third kappa shape index (κ3) is 3.67. The van der Waals surface area contributed by atoms with Crippen LogP contribution in [0.1, 0.15) is 10.4 Å². The highest BCUT2D eigenvalue weighted by atomic mass is 127. The fraction of sp³-hybridized carbons (Fsp3) is 0. The van der Waals surface area contributed by atoms with Crippen LogP contribution < -0.4 is 11.1 Å². The van der Waals surface area contributed by atoms with Gasteiger partial charge in [0.25, 0.3) is 5.91 Å². The van der Waals surface area contributed by atoms with Crippen molar-refractivity contribution in [2.75, 3.05) is 11.1 Å². The molecular formula is C12H8Br2IN3O. The van der Waals surface area contributed by atoms with Gasteiger partial charge in [-0.3, -0.25) is 4.79 Å². The standard InChI is InChI=1S/C12H8Br2IN3O/c13-9-2-1-6(15)3-8(9)12(19)18-11-10(14)4-7(16)5-17-11/h1-5H,16H2,(H,17,18,19). The van der Waals surface area contributed by atoms with Crippen molar-refractivity contribution < 1.29 is 4.79 Å². The van der Waals surface area contributed by atoms with Gasteiger partial charge in [0.1, 0.15) is 5.82 Å². The van der Waals surface area contributed by atoms with Crippen LogP contribution >= 0.6 is 54.5 Å². The summed E-state index contributed by atoms with van der Waals surface area (Å²) in [5.41, 5.74) is 6.68. The number of nitrogens with zero attached hydrogens (tertiary/aromatic N) is 1. The molecule has 0 aliphatic heterocycles. The van der Waals surface area contributed by atoms with Crippen LogP contribution in [0.2, 0.25) is 0 Å². The molecule has 0 aliphatic carbocycles. The summed E-state index contributed by atoms with van der Waals surface area (Å²) in [6.07, 6.45) is 1.49. The first-order chi connectivity index (χ1) is 8.97. The number of nitrogens with one attached hydrogen (secondary N) is 1. The van der Waals surface area contributed by atoms with E-state index < -0.39 is 0 Å². The zero-order valence-corrected chi connectivity index (χ0v) is 14.8. The third-order valence-electron chi connectivity index (χ3n) is 2.27. The Balaban J connectivity index is 2.28. The van der Waals surface area contributed by atoms with E-state index in [0.717, 1.165) is 8.04 Å². The smallest absolute Gasteiger partial charge is 0.258 e. The maximum atomic E-state index is 12.2. The number of hydrogen-bond acceptors (Lipinski definition) is 3. The second-order valence-electron chi connectivity index (χ2n) is 3.68. The summed E-state index contributed by atoms with van der Waals surface area (Å²) in [4.78, 5) is 16.3. The maximum absolute atomic E-state index is 12.2. The Kier molecular flexibility index (Phi) is 4.80. The van der Waals surface area contributed by atoms with Crippen LogP contribution in [0.5, 0.6) is 0 Å². The Labute approximate surface area is 140 Å². The molecule has 1 heterocycles. The minimum atomic E-state index is -0.233. The summed E-state index contributed by atoms with van der Waals surface area (Å²) in [5, 5.41) is 2.74. The second-order valence-corrected chi connectivity index (χ2v) is 6.63. The van der Waals surface area contributed by atoms with E-state index in [9.17, 15) is 4.79 Å². The number of nitrogen functional groups attached to an aromatic ring is 1. The highest BCUT2D eigenvalue weighted by molar-refractivity contribution is 14.1. The van der Waals surface area contributed by atoms with Crippen molar-refractivity contribution >= 4 is 71.9 Å². The zero-order chi connectivity index (χ0) is 14.0. The summed E-state index contributed by atoms with van der Waals surface area (Å²) in [6.45, 7) is 0. The maximum Gasteiger partial charge on any atom is 0.258 e. The van der Waals surface area contributed by atoms with Gasteiger partial charge in [-0.2, -0.15) is 0 Å². The van der Waals surface area contributed by atoms with Crippen molar-refractivity contribution in [2.45, 2.75) is 0 Å². The number of benzene rings is 1. The van der Waals surface area contributed by atoms with Gasteiger partial charge < -0.3 is 11.1 Å². The summed E-state index contributed by atoms with van der Waals surface area (Å²) >= 11 is 8.82. The van der Waals surface area contributed by atoms with Gasteiger partial charge in [-0.15, -0.1) is 0 Å². The SMILES string of the molecule is Nc1cnc(NC(=O)c2cc(I)ccc2Br)c(Br)c1. The average molecular weight is 497 g/mol. The molecular weight excluding hydrogens is 489 g/mol. The number of carbonyl (C=O) groups is 1. The molecule has 0 aliphatic rings. The van der Waals surface area contributed by atoms with E-state index in [-0.39, 0.29) is 5.91 Å². The van der Waals surface area contributed by atoms with Crippen LogP contribution in [0, 0.1) is 3.57 Å².